The molecule has 0 amide bonds. The first-order chi connectivity index (χ1) is 9.22. The molecule has 6 heteroatoms. The Morgan fingerprint density at radius 1 is 1.37 bits per heavy atom. The molecule has 2 aromatic rings. The highest BCUT2D eigenvalue weighted by molar-refractivity contribution is 5.71. The van der Waals surface area contributed by atoms with Crippen LogP contribution in [0, 0.1) is 5.92 Å². The van der Waals surface area contributed by atoms with Crippen molar-refractivity contribution in [2.24, 2.45) is 5.92 Å². The van der Waals surface area contributed by atoms with Crippen molar-refractivity contribution >= 4 is 5.97 Å². The Labute approximate surface area is 109 Å². The first-order valence-corrected chi connectivity index (χ1v) is 6.05. The lowest BCUT2D eigenvalue weighted by atomic mass is 10.0. The number of rotatable bonds is 4. The Bertz CT molecular complexity index is 576. The van der Waals surface area contributed by atoms with E-state index in [0.29, 0.717) is 31.3 Å². The van der Waals surface area contributed by atoms with E-state index < -0.39 is 5.97 Å². The summed E-state index contributed by atoms with van der Waals surface area (Å²) in [5, 5.41) is 12.7. The average molecular weight is 259 g/mol. The first-order valence-electron chi connectivity index (χ1n) is 6.05. The van der Waals surface area contributed by atoms with Crippen molar-refractivity contribution in [2.75, 3.05) is 13.1 Å². The van der Waals surface area contributed by atoms with Gasteiger partial charge in [0.15, 0.2) is 5.82 Å². The summed E-state index contributed by atoms with van der Waals surface area (Å²) >= 11 is 0. The minimum Gasteiger partial charge on any atom is -0.481 e. The molecule has 0 aliphatic carbocycles. The van der Waals surface area contributed by atoms with Crippen LogP contribution in [0.3, 0.4) is 0 Å². The number of benzene rings is 1. The van der Waals surface area contributed by atoms with Crippen molar-refractivity contribution < 1.29 is 14.4 Å². The van der Waals surface area contributed by atoms with Gasteiger partial charge in [-0.25, -0.2) is 0 Å². The summed E-state index contributed by atoms with van der Waals surface area (Å²) in [6, 6.07) is 9.55. The number of hydrogen-bond acceptors (Lipinski definition) is 5. The van der Waals surface area contributed by atoms with Gasteiger partial charge in [0.25, 0.3) is 5.89 Å². The monoisotopic (exact) mass is 259 g/mol. The minimum absolute atomic E-state index is 0.263. The van der Waals surface area contributed by atoms with E-state index in [1.165, 1.54) is 0 Å². The van der Waals surface area contributed by atoms with Gasteiger partial charge in [-0.3, -0.25) is 9.69 Å². The second-order valence-electron chi connectivity index (χ2n) is 4.61. The van der Waals surface area contributed by atoms with Crippen molar-refractivity contribution in [1.29, 1.82) is 0 Å². The Morgan fingerprint density at radius 2 is 2.11 bits per heavy atom. The lowest BCUT2D eigenvalue weighted by Crippen LogP contribution is -2.49. The number of carboxylic acid groups (broad SMARTS) is 1. The van der Waals surface area contributed by atoms with Crippen molar-refractivity contribution in [1.82, 2.24) is 15.0 Å². The van der Waals surface area contributed by atoms with Crippen LogP contribution in [-0.4, -0.2) is 39.2 Å². The van der Waals surface area contributed by atoms with Gasteiger partial charge < -0.3 is 9.63 Å². The molecule has 2 heterocycles. The Morgan fingerprint density at radius 3 is 2.79 bits per heavy atom. The largest absolute Gasteiger partial charge is 0.481 e. The first kappa shape index (κ1) is 11.9. The summed E-state index contributed by atoms with van der Waals surface area (Å²) in [5.41, 5.74) is 0.883. The van der Waals surface area contributed by atoms with Gasteiger partial charge in [-0.15, -0.1) is 0 Å². The smallest absolute Gasteiger partial charge is 0.309 e. The minimum atomic E-state index is -0.741. The molecule has 98 valence electrons. The van der Waals surface area contributed by atoms with Crippen LogP contribution in [0.4, 0.5) is 0 Å². The van der Waals surface area contributed by atoms with Crippen molar-refractivity contribution in [2.45, 2.75) is 6.54 Å². The van der Waals surface area contributed by atoms with E-state index in [1.54, 1.807) is 0 Å². The summed E-state index contributed by atoms with van der Waals surface area (Å²) in [5.74, 6) is 0.0726. The molecule has 1 aliphatic rings. The van der Waals surface area contributed by atoms with Crippen LogP contribution < -0.4 is 0 Å². The number of carboxylic acids is 1. The third-order valence-electron chi connectivity index (χ3n) is 3.16. The van der Waals surface area contributed by atoms with Gasteiger partial charge in [-0.2, -0.15) is 4.98 Å². The Balaban J connectivity index is 1.62. The van der Waals surface area contributed by atoms with Gasteiger partial charge in [-0.1, -0.05) is 23.4 Å². The number of likely N-dealkylation sites (tertiary alicyclic amines) is 1. The highest BCUT2D eigenvalue weighted by Gasteiger charge is 2.33. The van der Waals surface area contributed by atoms with Crippen LogP contribution in [0.1, 0.15) is 5.82 Å². The number of carbonyl (C=O) groups is 1. The molecule has 0 saturated carbocycles. The molecule has 1 aliphatic heterocycles. The zero-order valence-electron chi connectivity index (χ0n) is 10.2. The van der Waals surface area contributed by atoms with Gasteiger partial charge in [-0.05, 0) is 12.1 Å². The second-order valence-corrected chi connectivity index (χ2v) is 4.61. The van der Waals surface area contributed by atoms with E-state index >= 15 is 0 Å². The SMILES string of the molecule is O=C(O)C1CN(Cc2noc(-c3ccccc3)n2)C1. The van der Waals surface area contributed by atoms with Crippen LogP contribution in [0.15, 0.2) is 34.9 Å². The van der Waals surface area contributed by atoms with Crippen molar-refractivity contribution in [3.05, 3.63) is 36.2 Å². The van der Waals surface area contributed by atoms with Crippen LogP contribution in [0.2, 0.25) is 0 Å². The van der Waals surface area contributed by atoms with E-state index in [-0.39, 0.29) is 5.92 Å². The van der Waals surface area contributed by atoms with E-state index in [0.717, 1.165) is 5.56 Å². The average Bonchev–Trinajstić information content (AvgIpc) is 2.82. The van der Waals surface area contributed by atoms with E-state index in [2.05, 4.69) is 10.1 Å². The molecule has 1 N–H and O–H groups in total. The van der Waals surface area contributed by atoms with Gasteiger partial charge in [0, 0.05) is 18.7 Å². The maximum Gasteiger partial charge on any atom is 0.309 e. The summed E-state index contributed by atoms with van der Waals surface area (Å²) < 4.78 is 5.19. The summed E-state index contributed by atoms with van der Waals surface area (Å²) in [6.45, 7) is 1.62. The van der Waals surface area contributed by atoms with Crippen molar-refractivity contribution in [3.63, 3.8) is 0 Å². The molecular weight excluding hydrogens is 246 g/mol. The molecule has 19 heavy (non-hydrogen) atoms. The molecule has 0 unspecified atom stereocenters. The fourth-order valence-corrected chi connectivity index (χ4v) is 2.07. The highest BCUT2D eigenvalue weighted by Crippen LogP contribution is 2.20. The van der Waals surface area contributed by atoms with Gasteiger partial charge >= 0.3 is 5.97 Å². The van der Waals surface area contributed by atoms with Crippen molar-refractivity contribution in [3.8, 4) is 11.5 Å². The Hall–Kier alpha value is -2.21. The topological polar surface area (TPSA) is 79.5 Å². The zero-order chi connectivity index (χ0) is 13.2. The molecule has 1 aromatic carbocycles. The van der Waals surface area contributed by atoms with E-state index in [9.17, 15) is 4.79 Å². The summed E-state index contributed by atoms with van der Waals surface area (Å²) in [7, 11) is 0. The lowest BCUT2D eigenvalue weighted by molar-refractivity contribution is -0.147. The fourth-order valence-electron chi connectivity index (χ4n) is 2.07. The maximum absolute atomic E-state index is 10.7. The van der Waals surface area contributed by atoms with Crippen LogP contribution in [0.25, 0.3) is 11.5 Å². The second kappa shape index (κ2) is 4.81. The molecule has 0 spiro atoms. The molecule has 1 fully saturated rings. The maximum atomic E-state index is 10.7. The standard InChI is InChI=1S/C13H13N3O3/c17-13(18)10-6-16(7-10)8-11-14-12(19-15-11)9-4-2-1-3-5-9/h1-5,10H,6-8H2,(H,17,18). The fraction of sp³-hybridized carbons (Fsp3) is 0.308. The normalized spacial score (nSPS) is 16.2. The quantitative estimate of drug-likeness (QED) is 0.890. The molecule has 0 radical (unpaired) electrons. The van der Waals surface area contributed by atoms with Crippen LogP contribution in [0.5, 0.6) is 0 Å². The molecular formula is C13H13N3O3. The molecule has 0 bridgehead atoms. The van der Waals surface area contributed by atoms with Crippen LogP contribution in [-0.2, 0) is 11.3 Å². The lowest BCUT2D eigenvalue weighted by Gasteiger charge is -2.35. The highest BCUT2D eigenvalue weighted by atomic mass is 16.5. The molecule has 3 rings (SSSR count). The number of aliphatic carboxylic acids is 1. The summed E-state index contributed by atoms with van der Waals surface area (Å²) in [4.78, 5) is 17.0. The predicted octanol–water partition coefficient (Wildman–Crippen LogP) is 1.25. The number of hydrogen-bond donors (Lipinski definition) is 1. The van der Waals surface area contributed by atoms with E-state index in [4.69, 9.17) is 9.63 Å². The Kier molecular flexibility index (Phi) is 3.00. The molecule has 0 atom stereocenters. The van der Waals surface area contributed by atoms with E-state index in [1.807, 2.05) is 35.2 Å². The number of nitrogens with zero attached hydrogens (tertiary/aromatic N) is 3. The van der Waals surface area contributed by atoms with Gasteiger partial charge in [0.05, 0.1) is 12.5 Å². The van der Waals surface area contributed by atoms with Gasteiger partial charge in [0.1, 0.15) is 0 Å². The third kappa shape index (κ3) is 2.48. The zero-order valence-corrected chi connectivity index (χ0v) is 10.2. The predicted molar refractivity (Wildman–Crippen MR) is 66.1 cm³/mol. The summed E-state index contributed by atoms with van der Waals surface area (Å²) in [6.07, 6.45) is 0. The molecule has 1 aromatic heterocycles. The third-order valence-corrected chi connectivity index (χ3v) is 3.16. The number of aromatic nitrogens is 2. The molecule has 6 nitrogen and oxygen atoms in total. The molecule has 1 saturated heterocycles. The van der Waals surface area contributed by atoms with Crippen LogP contribution >= 0.6 is 0 Å². The van der Waals surface area contributed by atoms with Gasteiger partial charge in [0.2, 0.25) is 0 Å².